The summed E-state index contributed by atoms with van der Waals surface area (Å²) >= 11 is 0. The fourth-order valence-electron chi connectivity index (χ4n) is 1.69. The molecule has 0 amide bonds. The number of ketones is 1. The molecule has 1 aromatic carbocycles. The van der Waals surface area contributed by atoms with E-state index in [4.69, 9.17) is 5.73 Å². The molecule has 0 saturated heterocycles. The van der Waals surface area contributed by atoms with Gasteiger partial charge in [0.05, 0.1) is 5.69 Å². The lowest BCUT2D eigenvalue weighted by Gasteiger charge is -2.15. The van der Waals surface area contributed by atoms with E-state index in [1.54, 1.807) is 12.1 Å². The highest BCUT2D eigenvalue weighted by Gasteiger charge is 2.18. The minimum atomic E-state index is 0.0773. The summed E-state index contributed by atoms with van der Waals surface area (Å²) in [6.07, 6.45) is 2.32. The SMILES string of the molecule is Nc1cc2c(cc1O)CCCC2=O. The van der Waals surface area contributed by atoms with Crippen molar-refractivity contribution in [2.75, 3.05) is 5.73 Å². The van der Waals surface area contributed by atoms with Crippen LogP contribution in [-0.2, 0) is 6.42 Å². The van der Waals surface area contributed by atoms with Gasteiger partial charge in [-0.25, -0.2) is 0 Å². The first-order valence-electron chi connectivity index (χ1n) is 4.33. The van der Waals surface area contributed by atoms with Crippen LogP contribution in [0, 0.1) is 0 Å². The van der Waals surface area contributed by atoms with Crippen molar-refractivity contribution in [2.24, 2.45) is 0 Å². The van der Waals surface area contributed by atoms with E-state index in [1.807, 2.05) is 0 Å². The first-order valence-corrected chi connectivity index (χ1v) is 4.33. The highest BCUT2D eigenvalue weighted by atomic mass is 16.3. The number of nitrogens with two attached hydrogens (primary N) is 1. The van der Waals surface area contributed by atoms with Crippen LogP contribution in [0.5, 0.6) is 5.75 Å². The number of rotatable bonds is 0. The molecule has 3 heteroatoms. The van der Waals surface area contributed by atoms with E-state index in [0.717, 1.165) is 18.4 Å². The zero-order valence-corrected chi connectivity index (χ0v) is 7.21. The Hall–Kier alpha value is -1.51. The van der Waals surface area contributed by atoms with Gasteiger partial charge in [0, 0.05) is 12.0 Å². The molecular formula is C10H11NO2. The number of nitrogen functional groups attached to an aromatic ring is 1. The number of fused-ring (bicyclic) bond motifs is 1. The van der Waals surface area contributed by atoms with Gasteiger partial charge in [0.1, 0.15) is 5.75 Å². The van der Waals surface area contributed by atoms with Crippen molar-refractivity contribution in [3.8, 4) is 5.75 Å². The van der Waals surface area contributed by atoms with Gasteiger partial charge in [0.25, 0.3) is 0 Å². The van der Waals surface area contributed by atoms with E-state index in [2.05, 4.69) is 0 Å². The number of aryl methyl sites for hydroxylation is 1. The van der Waals surface area contributed by atoms with Crippen LogP contribution in [0.15, 0.2) is 12.1 Å². The molecule has 0 unspecified atom stereocenters. The van der Waals surface area contributed by atoms with Crippen LogP contribution >= 0.6 is 0 Å². The van der Waals surface area contributed by atoms with E-state index in [-0.39, 0.29) is 17.2 Å². The van der Waals surface area contributed by atoms with Crippen LogP contribution in [0.4, 0.5) is 5.69 Å². The van der Waals surface area contributed by atoms with E-state index in [9.17, 15) is 9.90 Å². The molecule has 1 aromatic rings. The Morgan fingerprint density at radius 3 is 2.85 bits per heavy atom. The molecule has 0 atom stereocenters. The van der Waals surface area contributed by atoms with Crippen molar-refractivity contribution in [1.82, 2.24) is 0 Å². The second-order valence-corrected chi connectivity index (χ2v) is 3.34. The molecule has 2 rings (SSSR count). The average Bonchev–Trinajstić information content (AvgIpc) is 2.09. The topological polar surface area (TPSA) is 63.3 Å². The van der Waals surface area contributed by atoms with Gasteiger partial charge in [-0.15, -0.1) is 0 Å². The van der Waals surface area contributed by atoms with Crippen LogP contribution in [0.25, 0.3) is 0 Å². The van der Waals surface area contributed by atoms with Crippen molar-refractivity contribution in [3.05, 3.63) is 23.3 Å². The Morgan fingerprint density at radius 1 is 1.31 bits per heavy atom. The van der Waals surface area contributed by atoms with Crippen LogP contribution in [0.2, 0.25) is 0 Å². The minimum absolute atomic E-state index is 0.0773. The van der Waals surface area contributed by atoms with E-state index >= 15 is 0 Å². The Bertz CT molecular complexity index is 371. The lowest BCUT2D eigenvalue weighted by molar-refractivity contribution is 0.0972. The number of carbonyl (C=O) groups is 1. The lowest BCUT2D eigenvalue weighted by atomic mass is 9.90. The van der Waals surface area contributed by atoms with Crippen molar-refractivity contribution in [2.45, 2.75) is 19.3 Å². The molecule has 0 bridgehead atoms. The molecule has 1 aliphatic rings. The predicted octanol–water partition coefficient (Wildman–Crippen LogP) is 1.49. The van der Waals surface area contributed by atoms with Gasteiger partial charge >= 0.3 is 0 Å². The zero-order chi connectivity index (χ0) is 9.42. The second kappa shape index (κ2) is 2.76. The lowest BCUT2D eigenvalue weighted by Crippen LogP contribution is -2.11. The third-order valence-corrected chi connectivity index (χ3v) is 2.40. The number of aromatic hydroxyl groups is 1. The van der Waals surface area contributed by atoms with Crippen molar-refractivity contribution in [1.29, 1.82) is 0 Å². The summed E-state index contributed by atoms with van der Waals surface area (Å²) < 4.78 is 0. The molecule has 0 radical (unpaired) electrons. The van der Waals surface area contributed by atoms with Gasteiger partial charge in [-0.05, 0) is 30.5 Å². The molecule has 3 nitrogen and oxygen atoms in total. The first kappa shape index (κ1) is 8.10. The number of anilines is 1. The quantitative estimate of drug-likeness (QED) is 0.466. The van der Waals surface area contributed by atoms with Crippen LogP contribution in [0.3, 0.4) is 0 Å². The number of phenols is 1. The number of phenolic OH excluding ortho intramolecular Hbond substituents is 1. The number of hydrogen-bond acceptors (Lipinski definition) is 3. The number of hydrogen-bond donors (Lipinski definition) is 2. The number of Topliss-reactive ketones (excluding diaryl/α,β-unsaturated/α-hetero) is 1. The van der Waals surface area contributed by atoms with Gasteiger partial charge in [0.2, 0.25) is 0 Å². The number of benzene rings is 1. The second-order valence-electron chi connectivity index (χ2n) is 3.34. The standard InChI is InChI=1S/C10H11NO2/c11-8-5-7-6(4-10(8)13)2-1-3-9(7)12/h4-5,13H,1-3,11H2. The normalized spacial score (nSPS) is 15.5. The molecule has 0 aliphatic heterocycles. The third-order valence-electron chi connectivity index (χ3n) is 2.40. The number of carbonyl (C=O) groups excluding carboxylic acids is 1. The summed E-state index contributed by atoms with van der Waals surface area (Å²) in [7, 11) is 0. The molecule has 3 N–H and O–H groups in total. The molecule has 1 aliphatic carbocycles. The van der Waals surface area contributed by atoms with Gasteiger partial charge in [-0.3, -0.25) is 4.79 Å². The molecule has 0 aromatic heterocycles. The summed E-state index contributed by atoms with van der Waals surface area (Å²) in [5.74, 6) is 0.210. The fourth-order valence-corrected chi connectivity index (χ4v) is 1.69. The minimum Gasteiger partial charge on any atom is -0.506 e. The Morgan fingerprint density at radius 2 is 2.08 bits per heavy atom. The fraction of sp³-hybridized carbons (Fsp3) is 0.300. The van der Waals surface area contributed by atoms with Gasteiger partial charge in [0.15, 0.2) is 5.78 Å². The molecule has 68 valence electrons. The summed E-state index contributed by atoms with van der Waals surface area (Å²) in [4.78, 5) is 11.4. The summed E-state index contributed by atoms with van der Waals surface area (Å²) in [5, 5.41) is 9.33. The van der Waals surface area contributed by atoms with E-state index in [1.165, 1.54) is 0 Å². The zero-order valence-electron chi connectivity index (χ0n) is 7.21. The molecule has 0 saturated carbocycles. The van der Waals surface area contributed by atoms with E-state index in [0.29, 0.717) is 12.0 Å². The van der Waals surface area contributed by atoms with Crippen LogP contribution in [0.1, 0.15) is 28.8 Å². The van der Waals surface area contributed by atoms with Gasteiger partial charge in [-0.1, -0.05) is 0 Å². The maximum atomic E-state index is 11.4. The maximum absolute atomic E-state index is 11.4. The Kier molecular flexibility index (Phi) is 1.72. The van der Waals surface area contributed by atoms with Gasteiger partial charge < -0.3 is 10.8 Å². The molecule has 13 heavy (non-hydrogen) atoms. The van der Waals surface area contributed by atoms with Crippen LogP contribution < -0.4 is 5.73 Å². The van der Waals surface area contributed by atoms with Crippen molar-refractivity contribution >= 4 is 11.5 Å². The third kappa shape index (κ3) is 1.26. The Labute approximate surface area is 76.2 Å². The predicted molar refractivity (Wildman–Crippen MR) is 49.8 cm³/mol. The van der Waals surface area contributed by atoms with E-state index < -0.39 is 0 Å². The maximum Gasteiger partial charge on any atom is 0.163 e. The molecule has 0 heterocycles. The highest BCUT2D eigenvalue weighted by molar-refractivity contribution is 5.99. The summed E-state index contributed by atoms with van der Waals surface area (Å²) in [5.41, 5.74) is 7.39. The molecule has 0 fully saturated rings. The first-order chi connectivity index (χ1) is 6.18. The largest absolute Gasteiger partial charge is 0.506 e. The smallest absolute Gasteiger partial charge is 0.163 e. The summed E-state index contributed by atoms with van der Waals surface area (Å²) in [6, 6.07) is 3.17. The van der Waals surface area contributed by atoms with Crippen LogP contribution in [-0.4, -0.2) is 10.9 Å². The Balaban J connectivity index is 2.58. The highest BCUT2D eigenvalue weighted by Crippen LogP contribution is 2.29. The van der Waals surface area contributed by atoms with Gasteiger partial charge in [-0.2, -0.15) is 0 Å². The van der Waals surface area contributed by atoms with Crippen molar-refractivity contribution < 1.29 is 9.90 Å². The molecular weight excluding hydrogens is 166 g/mol. The summed E-state index contributed by atoms with van der Waals surface area (Å²) in [6.45, 7) is 0. The average molecular weight is 177 g/mol. The monoisotopic (exact) mass is 177 g/mol. The van der Waals surface area contributed by atoms with Crippen molar-refractivity contribution in [3.63, 3.8) is 0 Å². The molecule has 0 spiro atoms.